The third kappa shape index (κ3) is 5.57. The van der Waals surface area contributed by atoms with Crippen LogP contribution in [0.15, 0.2) is 231 Å². The molecule has 2 nitrogen and oxygen atoms in total. The van der Waals surface area contributed by atoms with Crippen molar-refractivity contribution in [3.05, 3.63) is 231 Å². The van der Waals surface area contributed by atoms with Crippen molar-refractivity contribution in [3.8, 4) is 27.9 Å². The highest BCUT2D eigenvalue weighted by molar-refractivity contribution is 6.27. The highest BCUT2D eigenvalue weighted by Gasteiger charge is 2.18. The third-order valence-corrected chi connectivity index (χ3v) is 12.3. The van der Waals surface area contributed by atoms with Gasteiger partial charge in [-0.2, -0.15) is 0 Å². The Bertz CT molecular complexity index is 3570. The summed E-state index contributed by atoms with van der Waals surface area (Å²) >= 11 is 0. The molecule has 2 heteroatoms. The molecule has 1 aromatic heterocycles. The SMILES string of the molecule is c1ccc(-c2cccc(N(c3ccc(-c4ccc5c(c4)c4ccccc4n5-c4ccccc4)cc3)c3ccc4ccc5ccc6ccc7ccccc7c6c5c4c3)c2)cc1. The van der Waals surface area contributed by atoms with Gasteiger partial charge in [-0.1, -0.05) is 164 Å². The van der Waals surface area contributed by atoms with Gasteiger partial charge in [0.15, 0.2) is 0 Å². The van der Waals surface area contributed by atoms with E-state index < -0.39 is 0 Å². The Labute approximate surface area is 348 Å². The molecule has 0 aliphatic rings. The predicted octanol–water partition coefficient (Wildman–Crippen LogP) is 16.2. The van der Waals surface area contributed by atoms with Crippen molar-refractivity contribution in [1.82, 2.24) is 4.57 Å². The van der Waals surface area contributed by atoms with Crippen molar-refractivity contribution in [2.75, 3.05) is 4.90 Å². The molecule has 0 spiro atoms. The van der Waals surface area contributed by atoms with E-state index >= 15 is 0 Å². The van der Waals surface area contributed by atoms with E-state index in [2.05, 4.69) is 240 Å². The summed E-state index contributed by atoms with van der Waals surface area (Å²) in [6, 6.07) is 84.3. The van der Waals surface area contributed by atoms with Crippen molar-refractivity contribution in [2.24, 2.45) is 0 Å². The predicted molar refractivity (Wildman–Crippen MR) is 256 cm³/mol. The summed E-state index contributed by atoms with van der Waals surface area (Å²) in [5, 5.41) is 12.6. The summed E-state index contributed by atoms with van der Waals surface area (Å²) in [7, 11) is 0. The number of benzene rings is 11. The van der Waals surface area contributed by atoms with E-state index in [0.29, 0.717) is 0 Å². The fraction of sp³-hybridized carbons (Fsp3) is 0. The zero-order valence-corrected chi connectivity index (χ0v) is 32.8. The van der Waals surface area contributed by atoms with Gasteiger partial charge in [-0.25, -0.2) is 0 Å². The van der Waals surface area contributed by atoms with Gasteiger partial charge in [0, 0.05) is 33.5 Å². The lowest BCUT2D eigenvalue weighted by Gasteiger charge is -2.27. The average Bonchev–Trinajstić information content (AvgIpc) is 3.66. The quantitative estimate of drug-likeness (QED) is 0.153. The van der Waals surface area contributed by atoms with Gasteiger partial charge in [0.2, 0.25) is 0 Å². The van der Waals surface area contributed by atoms with E-state index in [4.69, 9.17) is 0 Å². The summed E-state index contributed by atoms with van der Waals surface area (Å²) in [5.74, 6) is 0. The van der Waals surface area contributed by atoms with E-state index in [1.54, 1.807) is 0 Å². The first-order chi connectivity index (χ1) is 29.7. The number of anilines is 3. The topological polar surface area (TPSA) is 8.17 Å². The van der Waals surface area contributed by atoms with Crippen LogP contribution in [-0.4, -0.2) is 4.57 Å². The number of nitrogens with zero attached hydrogens (tertiary/aromatic N) is 2. The lowest BCUT2D eigenvalue weighted by molar-refractivity contribution is 1.18. The molecule has 0 atom stereocenters. The number of rotatable bonds is 6. The summed E-state index contributed by atoms with van der Waals surface area (Å²) in [5.41, 5.74) is 11.6. The van der Waals surface area contributed by atoms with Crippen LogP contribution in [0.2, 0.25) is 0 Å². The van der Waals surface area contributed by atoms with Crippen molar-refractivity contribution in [1.29, 1.82) is 0 Å². The second kappa shape index (κ2) is 13.9. The first kappa shape index (κ1) is 34.1. The molecule has 0 fully saturated rings. The smallest absolute Gasteiger partial charge is 0.0541 e. The van der Waals surface area contributed by atoms with Gasteiger partial charge >= 0.3 is 0 Å². The number of hydrogen-bond donors (Lipinski definition) is 0. The van der Waals surface area contributed by atoms with Crippen LogP contribution < -0.4 is 4.90 Å². The Kier molecular flexibility index (Phi) is 7.89. The van der Waals surface area contributed by atoms with Crippen LogP contribution in [0.1, 0.15) is 0 Å². The minimum absolute atomic E-state index is 1.10. The minimum atomic E-state index is 1.10. The van der Waals surface area contributed by atoms with Gasteiger partial charge in [0.05, 0.1) is 11.0 Å². The zero-order chi connectivity index (χ0) is 39.6. The molecule has 12 aromatic rings. The standard InChI is InChI=1S/C58H38N2/c1-3-12-39(13-4-1)45-15-11-18-49(36-45)59(50-34-30-42-23-25-44-27-26-43-24-22-41-14-7-8-19-51(41)57(43)58(44)53(42)38-50)48-32-28-40(29-33-48)46-31-35-56-54(37-46)52-20-9-10-21-55(52)60(56)47-16-5-2-6-17-47/h1-38H. The van der Waals surface area contributed by atoms with E-state index in [0.717, 1.165) is 17.1 Å². The molecule has 0 saturated carbocycles. The fourth-order valence-corrected chi connectivity index (χ4v) is 9.48. The Morgan fingerprint density at radius 3 is 1.57 bits per heavy atom. The molecule has 0 N–H and O–H groups in total. The number of aromatic nitrogens is 1. The highest BCUT2D eigenvalue weighted by atomic mass is 15.1. The molecular weight excluding hydrogens is 725 g/mol. The van der Waals surface area contributed by atoms with E-state index in [-0.39, 0.29) is 0 Å². The van der Waals surface area contributed by atoms with Gasteiger partial charge in [-0.05, 0) is 132 Å². The van der Waals surface area contributed by atoms with Gasteiger partial charge in [0.25, 0.3) is 0 Å². The largest absolute Gasteiger partial charge is 0.310 e. The average molecular weight is 763 g/mol. The Morgan fingerprint density at radius 2 is 0.783 bits per heavy atom. The molecule has 1 heterocycles. The van der Waals surface area contributed by atoms with Gasteiger partial charge in [0.1, 0.15) is 0 Å². The molecular formula is C58H38N2. The summed E-state index contributed by atoms with van der Waals surface area (Å²) in [4.78, 5) is 2.41. The van der Waals surface area contributed by atoms with E-state index in [1.165, 1.54) is 92.8 Å². The van der Waals surface area contributed by atoms with Crippen LogP contribution >= 0.6 is 0 Å². The first-order valence-corrected chi connectivity index (χ1v) is 20.7. The molecule has 0 unspecified atom stereocenters. The molecule has 0 amide bonds. The van der Waals surface area contributed by atoms with Crippen LogP contribution in [-0.2, 0) is 0 Å². The molecule has 0 aliphatic heterocycles. The Morgan fingerprint density at radius 1 is 0.267 bits per heavy atom. The maximum atomic E-state index is 2.41. The van der Waals surface area contributed by atoms with Crippen LogP contribution in [0.3, 0.4) is 0 Å². The number of fused-ring (bicyclic) bond motifs is 10. The normalized spacial score (nSPS) is 11.7. The second-order valence-corrected chi connectivity index (χ2v) is 15.7. The van der Waals surface area contributed by atoms with E-state index in [9.17, 15) is 0 Å². The third-order valence-electron chi connectivity index (χ3n) is 12.3. The van der Waals surface area contributed by atoms with Crippen LogP contribution in [0.25, 0.3) is 92.8 Å². The molecule has 0 aliphatic carbocycles. The molecule has 11 aromatic carbocycles. The maximum absolute atomic E-state index is 2.41. The molecule has 0 saturated heterocycles. The monoisotopic (exact) mass is 762 g/mol. The van der Waals surface area contributed by atoms with Crippen molar-refractivity contribution in [3.63, 3.8) is 0 Å². The summed E-state index contributed by atoms with van der Waals surface area (Å²) < 4.78 is 2.37. The van der Waals surface area contributed by atoms with Crippen molar-refractivity contribution in [2.45, 2.75) is 0 Å². The van der Waals surface area contributed by atoms with Crippen LogP contribution in [0.5, 0.6) is 0 Å². The van der Waals surface area contributed by atoms with Crippen molar-refractivity contribution >= 4 is 82.0 Å². The fourth-order valence-electron chi connectivity index (χ4n) is 9.48. The molecule has 280 valence electrons. The molecule has 12 rings (SSSR count). The van der Waals surface area contributed by atoms with Gasteiger partial charge < -0.3 is 9.47 Å². The lowest BCUT2D eigenvalue weighted by Crippen LogP contribution is -2.10. The van der Waals surface area contributed by atoms with E-state index in [1.807, 2.05) is 0 Å². The van der Waals surface area contributed by atoms with Gasteiger partial charge in [-0.15, -0.1) is 0 Å². The lowest BCUT2D eigenvalue weighted by atomic mass is 9.92. The second-order valence-electron chi connectivity index (χ2n) is 15.7. The Balaban J connectivity index is 1.03. The molecule has 0 radical (unpaired) electrons. The maximum Gasteiger partial charge on any atom is 0.0541 e. The first-order valence-electron chi connectivity index (χ1n) is 20.7. The summed E-state index contributed by atoms with van der Waals surface area (Å²) in [6.07, 6.45) is 0. The summed E-state index contributed by atoms with van der Waals surface area (Å²) in [6.45, 7) is 0. The van der Waals surface area contributed by atoms with Crippen LogP contribution in [0, 0.1) is 0 Å². The molecule has 60 heavy (non-hydrogen) atoms. The van der Waals surface area contributed by atoms with Crippen molar-refractivity contribution < 1.29 is 0 Å². The van der Waals surface area contributed by atoms with Crippen LogP contribution in [0.4, 0.5) is 17.1 Å². The Hall–Kier alpha value is -7.94. The number of hydrogen-bond acceptors (Lipinski definition) is 1. The van der Waals surface area contributed by atoms with Gasteiger partial charge in [-0.3, -0.25) is 0 Å². The highest BCUT2D eigenvalue weighted by Crippen LogP contribution is 2.43. The minimum Gasteiger partial charge on any atom is -0.310 e. The zero-order valence-electron chi connectivity index (χ0n) is 32.8. The molecule has 0 bridgehead atoms. The number of para-hydroxylation sites is 2.